The number of hydrogen-bond donors (Lipinski definition) is 0. The molecule has 0 radical (unpaired) electrons. The van der Waals surface area contributed by atoms with Crippen LogP contribution in [0.25, 0.3) is 0 Å². The Morgan fingerprint density at radius 1 is 1.27 bits per heavy atom. The van der Waals surface area contributed by atoms with Gasteiger partial charge in [0, 0.05) is 0 Å². The van der Waals surface area contributed by atoms with Gasteiger partial charge in [0.05, 0.1) is 0 Å². The van der Waals surface area contributed by atoms with Gasteiger partial charge in [0.1, 0.15) is 0 Å². The van der Waals surface area contributed by atoms with Gasteiger partial charge in [-0.25, -0.2) is 0 Å². The van der Waals surface area contributed by atoms with Gasteiger partial charge in [0.15, 0.2) is 0 Å². The van der Waals surface area contributed by atoms with E-state index in [4.69, 9.17) is 0 Å². The molecular weight excluding hydrogens is 132 g/mol. The maximum Gasteiger partial charge on any atom is -0.0152 e. The highest BCUT2D eigenvalue weighted by Crippen LogP contribution is 2.54. The summed E-state index contributed by atoms with van der Waals surface area (Å²) < 4.78 is 0. The lowest BCUT2D eigenvalue weighted by atomic mass is 9.77. The molecule has 0 spiro atoms. The lowest BCUT2D eigenvalue weighted by molar-refractivity contribution is 0.276. The molecule has 2 saturated carbocycles. The third-order valence-corrected chi connectivity index (χ3v) is 3.90. The lowest BCUT2D eigenvalue weighted by Crippen LogP contribution is -2.20. The molecule has 0 heterocycles. The minimum atomic E-state index is 0.869. The first-order valence-electron chi connectivity index (χ1n) is 4.85. The van der Waals surface area contributed by atoms with E-state index in [0.717, 1.165) is 23.7 Å². The molecule has 0 saturated heterocycles. The van der Waals surface area contributed by atoms with Gasteiger partial charge in [-0.1, -0.05) is 19.1 Å². The zero-order valence-electron chi connectivity index (χ0n) is 7.64. The van der Waals surface area contributed by atoms with E-state index in [-0.39, 0.29) is 0 Å². The Morgan fingerprint density at radius 2 is 1.91 bits per heavy atom. The van der Waals surface area contributed by atoms with E-state index in [2.05, 4.69) is 20.4 Å². The summed E-state index contributed by atoms with van der Waals surface area (Å²) in [4.78, 5) is 0. The molecular formula is C11H18. The lowest BCUT2D eigenvalue weighted by Gasteiger charge is -2.28. The monoisotopic (exact) mass is 150 g/mol. The van der Waals surface area contributed by atoms with Gasteiger partial charge < -0.3 is 0 Å². The Bertz CT molecular complexity index is 178. The molecule has 62 valence electrons. The highest BCUT2D eigenvalue weighted by atomic mass is 14.5. The van der Waals surface area contributed by atoms with Crippen molar-refractivity contribution in [3.05, 3.63) is 12.2 Å². The summed E-state index contributed by atoms with van der Waals surface area (Å²) in [6, 6.07) is 0. The van der Waals surface area contributed by atoms with Crippen molar-refractivity contribution < 1.29 is 0 Å². The first kappa shape index (κ1) is 7.39. The van der Waals surface area contributed by atoms with Crippen molar-refractivity contribution in [2.75, 3.05) is 0 Å². The molecule has 0 aromatic rings. The van der Waals surface area contributed by atoms with Crippen LogP contribution in [-0.4, -0.2) is 0 Å². The summed E-state index contributed by atoms with van der Waals surface area (Å²) in [5.41, 5.74) is 1.43. The molecule has 0 amide bonds. The summed E-state index contributed by atoms with van der Waals surface area (Å²) in [7, 11) is 0. The smallest absolute Gasteiger partial charge is 0.0152 e. The first-order valence-corrected chi connectivity index (χ1v) is 4.85. The fourth-order valence-electron chi connectivity index (χ4n) is 3.43. The van der Waals surface area contributed by atoms with Crippen molar-refractivity contribution in [3.63, 3.8) is 0 Å². The maximum atomic E-state index is 4.11. The first-order chi connectivity index (χ1) is 5.20. The van der Waals surface area contributed by atoms with Crippen LogP contribution in [0.3, 0.4) is 0 Å². The molecule has 0 aliphatic heterocycles. The minimum absolute atomic E-state index is 0.869. The number of rotatable bonds is 1. The van der Waals surface area contributed by atoms with Crippen LogP contribution in [0.2, 0.25) is 0 Å². The second kappa shape index (κ2) is 2.36. The van der Waals surface area contributed by atoms with E-state index < -0.39 is 0 Å². The molecule has 0 N–H and O–H groups in total. The molecule has 2 rings (SSSR count). The highest BCUT2D eigenvalue weighted by molar-refractivity contribution is 5.09. The summed E-state index contributed by atoms with van der Waals surface area (Å²) in [5.74, 6) is 3.86. The average Bonchev–Trinajstić information content (AvgIpc) is 2.44. The van der Waals surface area contributed by atoms with Gasteiger partial charge in [-0.3, -0.25) is 0 Å². The molecule has 0 nitrogen and oxygen atoms in total. The van der Waals surface area contributed by atoms with E-state index in [9.17, 15) is 0 Å². The molecule has 0 aromatic heterocycles. The molecule has 2 aliphatic rings. The van der Waals surface area contributed by atoms with Crippen LogP contribution in [0.1, 0.15) is 33.1 Å². The summed E-state index contributed by atoms with van der Waals surface area (Å²) >= 11 is 0. The van der Waals surface area contributed by atoms with E-state index >= 15 is 0 Å². The maximum absolute atomic E-state index is 4.11. The van der Waals surface area contributed by atoms with Crippen LogP contribution in [0.4, 0.5) is 0 Å². The summed E-state index contributed by atoms with van der Waals surface area (Å²) in [5, 5.41) is 0. The fourth-order valence-corrected chi connectivity index (χ4v) is 3.43. The van der Waals surface area contributed by atoms with Gasteiger partial charge in [-0.2, -0.15) is 0 Å². The fraction of sp³-hybridized carbons (Fsp3) is 0.818. The van der Waals surface area contributed by atoms with E-state index in [1.165, 1.54) is 24.8 Å². The molecule has 4 unspecified atom stereocenters. The van der Waals surface area contributed by atoms with Crippen molar-refractivity contribution in [2.24, 2.45) is 23.7 Å². The Kier molecular flexibility index (Phi) is 1.59. The largest absolute Gasteiger partial charge is 0.0998 e. The quantitative estimate of drug-likeness (QED) is 0.503. The van der Waals surface area contributed by atoms with Crippen LogP contribution in [0.15, 0.2) is 12.2 Å². The second-order valence-corrected chi connectivity index (χ2v) is 4.56. The van der Waals surface area contributed by atoms with Crippen molar-refractivity contribution in [2.45, 2.75) is 33.1 Å². The van der Waals surface area contributed by atoms with Crippen LogP contribution >= 0.6 is 0 Å². The molecule has 0 aromatic carbocycles. The van der Waals surface area contributed by atoms with Crippen molar-refractivity contribution >= 4 is 0 Å². The zero-order valence-corrected chi connectivity index (χ0v) is 7.64. The van der Waals surface area contributed by atoms with Gasteiger partial charge >= 0.3 is 0 Å². The van der Waals surface area contributed by atoms with Gasteiger partial charge in [0.2, 0.25) is 0 Å². The Morgan fingerprint density at radius 3 is 2.27 bits per heavy atom. The van der Waals surface area contributed by atoms with Crippen LogP contribution in [-0.2, 0) is 0 Å². The topological polar surface area (TPSA) is 0 Å². The molecule has 2 bridgehead atoms. The van der Waals surface area contributed by atoms with E-state index in [1.807, 2.05) is 0 Å². The molecule has 0 heteroatoms. The number of fused-ring (bicyclic) bond motifs is 2. The predicted molar refractivity (Wildman–Crippen MR) is 48.3 cm³/mol. The van der Waals surface area contributed by atoms with Crippen LogP contribution < -0.4 is 0 Å². The van der Waals surface area contributed by atoms with Gasteiger partial charge in [-0.15, -0.1) is 0 Å². The Hall–Kier alpha value is -0.260. The highest BCUT2D eigenvalue weighted by Gasteiger charge is 2.44. The normalized spacial score (nSPS) is 48.2. The van der Waals surface area contributed by atoms with E-state index in [1.54, 1.807) is 0 Å². The molecule has 2 aliphatic carbocycles. The second-order valence-electron chi connectivity index (χ2n) is 4.56. The van der Waals surface area contributed by atoms with Gasteiger partial charge in [0.25, 0.3) is 0 Å². The summed E-state index contributed by atoms with van der Waals surface area (Å²) in [6.45, 7) is 8.74. The molecule has 4 atom stereocenters. The van der Waals surface area contributed by atoms with E-state index in [0.29, 0.717) is 0 Å². The number of hydrogen-bond acceptors (Lipinski definition) is 0. The van der Waals surface area contributed by atoms with Gasteiger partial charge in [-0.05, 0) is 49.9 Å². The van der Waals surface area contributed by atoms with Crippen LogP contribution in [0, 0.1) is 23.7 Å². The average molecular weight is 150 g/mol. The van der Waals surface area contributed by atoms with Crippen molar-refractivity contribution in [1.82, 2.24) is 0 Å². The Labute approximate surface area is 69.7 Å². The predicted octanol–water partition coefficient (Wildman–Crippen LogP) is 3.24. The zero-order chi connectivity index (χ0) is 8.01. The SMILES string of the molecule is C=C(C)C1C2CCC(C2)C1C. The third kappa shape index (κ3) is 0.953. The third-order valence-electron chi connectivity index (χ3n) is 3.90. The summed E-state index contributed by atoms with van der Waals surface area (Å²) in [6.07, 6.45) is 4.47. The molecule has 11 heavy (non-hydrogen) atoms. The van der Waals surface area contributed by atoms with Crippen molar-refractivity contribution in [1.29, 1.82) is 0 Å². The molecule has 2 fully saturated rings. The van der Waals surface area contributed by atoms with Crippen LogP contribution in [0.5, 0.6) is 0 Å². The number of allylic oxidation sites excluding steroid dienone is 1. The Balaban J connectivity index is 2.17. The van der Waals surface area contributed by atoms with Crippen molar-refractivity contribution in [3.8, 4) is 0 Å². The standard InChI is InChI=1S/C11H18/c1-7(2)11-8(3)9-4-5-10(11)6-9/h8-11H,1,4-6H2,2-3H3. The minimum Gasteiger partial charge on any atom is -0.0998 e.